The number of aliphatic hydroxyl groups is 1. The van der Waals surface area contributed by atoms with Crippen LogP contribution in [0.5, 0.6) is 0 Å². The Morgan fingerprint density at radius 3 is 2.64 bits per heavy atom. The summed E-state index contributed by atoms with van der Waals surface area (Å²) in [5.41, 5.74) is 2.54. The number of aryl methyl sites for hydroxylation is 2. The Balaban J connectivity index is 2.14. The van der Waals surface area contributed by atoms with Crippen LogP contribution in [0.1, 0.15) is 31.2 Å². The summed E-state index contributed by atoms with van der Waals surface area (Å²) in [6.07, 6.45) is 3.06. The maximum Gasteiger partial charge on any atom is 0.349 e. The number of allylic oxidation sites excluding steroid dienone is 1. The van der Waals surface area contributed by atoms with Crippen LogP contribution in [0.25, 0.3) is 22.6 Å². The Bertz CT molecular complexity index is 1110. The number of anilines is 1. The van der Waals surface area contributed by atoms with Crippen LogP contribution in [0.2, 0.25) is 0 Å². The van der Waals surface area contributed by atoms with Crippen LogP contribution < -0.4 is 16.1 Å². The highest BCUT2D eigenvalue weighted by Gasteiger charge is 2.19. The largest absolute Gasteiger partial charge is 0.513 e. The number of aromatic amines is 1. The van der Waals surface area contributed by atoms with Crippen LogP contribution in [-0.2, 0) is 6.54 Å². The quantitative estimate of drug-likeness (QED) is 0.369. The third-order valence-electron chi connectivity index (χ3n) is 4.76. The fourth-order valence-electron chi connectivity index (χ4n) is 3.42. The summed E-state index contributed by atoms with van der Waals surface area (Å²) >= 11 is 0. The summed E-state index contributed by atoms with van der Waals surface area (Å²) in [7, 11) is 3.93. The molecule has 0 bridgehead atoms. The Labute approximate surface area is 162 Å². The zero-order valence-electron chi connectivity index (χ0n) is 16.4. The first-order chi connectivity index (χ1) is 13.3. The third-order valence-corrected chi connectivity index (χ3v) is 4.76. The van der Waals surface area contributed by atoms with Gasteiger partial charge in [0.15, 0.2) is 11.5 Å². The molecule has 1 aromatic rings. The lowest BCUT2D eigenvalue weighted by atomic mass is 10.1. The van der Waals surface area contributed by atoms with Gasteiger partial charge in [0, 0.05) is 32.7 Å². The summed E-state index contributed by atoms with van der Waals surface area (Å²) in [6.45, 7) is 6.08. The van der Waals surface area contributed by atoms with Crippen molar-refractivity contribution >= 4 is 16.7 Å². The van der Waals surface area contributed by atoms with Crippen LogP contribution in [0.4, 0.5) is 5.69 Å². The van der Waals surface area contributed by atoms with Crippen molar-refractivity contribution < 1.29 is 5.11 Å². The van der Waals surface area contributed by atoms with E-state index in [-0.39, 0.29) is 11.5 Å². The minimum atomic E-state index is -0.677. The molecular weight excluding hydrogens is 358 g/mol. The first kappa shape index (κ1) is 19.6. The number of hydrogen-bond acceptors (Lipinski definition) is 6. The molecule has 0 saturated carbocycles. The smallest absolute Gasteiger partial charge is 0.349 e. The third kappa shape index (κ3) is 3.90. The molecule has 1 aromatic carbocycles. The van der Waals surface area contributed by atoms with Gasteiger partial charge in [-0.25, -0.2) is 9.78 Å². The van der Waals surface area contributed by atoms with Gasteiger partial charge in [0.05, 0.1) is 16.8 Å². The molecule has 3 rings (SSSR count). The Morgan fingerprint density at radius 2 is 1.96 bits per heavy atom. The second-order valence-electron chi connectivity index (χ2n) is 7.21. The van der Waals surface area contributed by atoms with Crippen molar-refractivity contribution in [2.24, 2.45) is 0 Å². The van der Waals surface area contributed by atoms with Crippen LogP contribution >= 0.6 is 0 Å². The number of unbranched alkanes of at least 4 members (excludes halogenated alkanes) is 2. The van der Waals surface area contributed by atoms with Crippen LogP contribution in [0, 0.1) is 6.92 Å². The number of nitrogens with one attached hydrogen (secondary N) is 1. The number of fused-ring (bicyclic) bond motifs is 2. The van der Waals surface area contributed by atoms with E-state index in [0.29, 0.717) is 24.3 Å². The molecule has 2 aliphatic rings. The minimum absolute atomic E-state index is 0.160. The lowest BCUT2D eigenvalue weighted by Gasteiger charge is -2.21. The number of nitrogens with zero attached hydrogens (tertiary/aromatic N) is 4. The van der Waals surface area contributed by atoms with Crippen molar-refractivity contribution in [3.8, 4) is 11.5 Å². The lowest BCUT2D eigenvalue weighted by Crippen LogP contribution is -2.29. The maximum absolute atomic E-state index is 12.3. The lowest BCUT2D eigenvalue weighted by molar-refractivity contribution is 0.382. The van der Waals surface area contributed by atoms with Gasteiger partial charge in [-0.2, -0.15) is 4.98 Å². The molecule has 8 heteroatoms. The van der Waals surface area contributed by atoms with Gasteiger partial charge in [0.1, 0.15) is 0 Å². The fraction of sp³-hybridized carbons (Fsp3) is 0.400. The normalized spacial score (nSPS) is 11.2. The van der Waals surface area contributed by atoms with Gasteiger partial charge >= 0.3 is 5.69 Å². The number of H-pyrrole nitrogens is 1. The van der Waals surface area contributed by atoms with E-state index in [0.717, 1.165) is 36.0 Å². The Morgan fingerprint density at radius 1 is 1.21 bits per heavy atom. The molecule has 0 spiro atoms. The SMILES string of the molecule is C=C(O)CCCCCn1c2nc(=O)[nH]c(=O)c-2nc2cc(C)c(N(C)C)cc21. The number of hydrogen-bond donors (Lipinski definition) is 2. The van der Waals surface area contributed by atoms with Crippen molar-refractivity contribution in [3.05, 3.63) is 50.9 Å². The van der Waals surface area contributed by atoms with Gasteiger partial charge in [-0.15, -0.1) is 0 Å². The van der Waals surface area contributed by atoms with Gasteiger partial charge in [-0.3, -0.25) is 9.78 Å². The number of benzene rings is 1. The fourth-order valence-corrected chi connectivity index (χ4v) is 3.42. The van der Waals surface area contributed by atoms with E-state index >= 15 is 0 Å². The molecule has 0 unspecified atom stereocenters. The molecule has 0 aliphatic carbocycles. The first-order valence-corrected chi connectivity index (χ1v) is 9.27. The van der Waals surface area contributed by atoms with Crippen molar-refractivity contribution in [2.45, 2.75) is 39.2 Å². The summed E-state index contributed by atoms with van der Waals surface area (Å²) in [5, 5.41) is 9.23. The molecule has 0 saturated heterocycles. The highest BCUT2D eigenvalue weighted by molar-refractivity contribution is 5.84. The highest BCUT2D eigenvalue weighted by Crippen LogP contribution is 2.28. The van der Waals surface area contributed by atoms with Crippen LogP contribution in [-0.4, -0.2) is 38.7 Å². The average molecular weight is 383 g/mol. The number of aliphatic hydroxyl groups excluding tert-OH is 1. The zero-order chi connectivity index (χ0) is 20.4. The second kappa shape index (κ2) is 7.84. The van der Waals surface area contributed by atoms with Crippen LogP contribution in [0.15, 0.2) is 34.1 Å². The first-order valence-electron chi connectivity index (χ1n) is 9.27. The summed E-state index contributed by atoms with van der Waals surface area (Å²) < 4.78 is 1.90. The van der Waals surface area contributed by atoms with E-state index in [1.54, 1.807) is 0 Å². The van der Waals surface area contributed by atoms with Gasteiger partial charge in [0.25, 0.3) is 5.56 Å². The summed E-state index contributed by atoms with van der Waals surface area (Å²) in [5.74, 6) is 0.476. The second-order valence-corrected chi connectivity index (χ2v) is 7.21. The molecule has 0 aromatic heterocycles. The van der Waals surface area contributed by atoms with Gasteiger partial charge in [-0.1, -0.05) is 13.0 Å². The molecule has 2 heterocycles. The van der Waals surface area contributed by atoms with E-state index in [4.69, 9.17) is 0 Å². The van der Waals surface area contributed by atoms with Crippen molar-refractivity contribution in [1.82, 2.24) is 19.5 Å². The molecule has 28 heavy (non-hydrogen) atoms. The summed E-state index contributed by atoms with van der Waals surface area (Å²) in [4.78, 5) is 36.8. The zero-order valence-corrected chi connectivity index (χ0v) is 16.4. The van der Waals surface area contributed by atoms with Crippen molar-refractivity contribution in [2.75, 3.05) is 19.0 Å². The molecule has 8 nitrogen and oxygen atoms in total. The predicted molar refractivity (Wildman–Crippen MR) is 110 cm³/mol. The standard InChI is InChI=1S/C20H25N5O3/c1-12-10-14-16(11-15(12)24(3)4)25(9-7-5-6-8-13(2)26)18-17(21-14)19(27)23-20(28)22-18/h10-11,26H,2,5-9H2,1,3-4H3,(H,23,27,28). The molecule has 0 atom stereocenters. The Hall–Kier alpha value is -3.16. The van der Waals surface area contributed by atoms with E-state index in [9.17, 15) is 14.7 Å². The van der Waals surface area contributed by atoms with Crippen molar-refractivity contribution in [1.29, 1.82) is 0 Å². The van der Waals surface area contributed by atoms with Crippen molar-refractivity contribution in [3.63, 3.8) is 0 Å². The predicted octanol–water partition coefficient (Wildman–Crippen LogP) is 2.59. The number of aromatic nitrogens is 4. The maximum atomic E-state index is 12.3. The molecule has 148 valence electrons. The monoisotopic (exact) mass is 383 g/mol. The molecule has 0 fully saturated rings. The molecular formula is C20H25N5O3. The molecule has 0 amide bonds. The molecule has 2 aliphatic heterocycles. The van der Waals surface area contributed by atoms with Gasteiger partial charge in [-0.05, 0) is 37.5 Å². The Kier molecular flexibility index (Phi) is 5.48. The van der Waals surface area contributed by atoms with E-state index in [2.05, 4.69) is 21.5 Å². The summed E-state index contributed by atoms with van der Waals surface area (Å²) in [6, 6.07) is 3.96. The average Bonchev–Trinajstić information content (AvgIpc) is 2.60. The molecule has 2 N–H and O–H groups in total. The topological polar surface area (TPSA) is 104 Å². The van der Waals surface area contributed by atoms with Crippen LogP contribution in [0.3, 0.4) is 0 Å². The minimum Gasteiger partial charge on any atom is -0.513 e. The van der Waals surface area contributed by atoms with Gasteiger partial charge in [0.2, 0.25) is 0 Å². The number of rotatable bonds is 7. The van der Waals surface area contributed by atoms with E-state index in [1.165, 1.54) is 0 Å². The van der Waals surface area contributed by atoms with E-state index in [1.807, 2.05) is 42.6 Å². The van der Waals surface area contributed by atoms with E-state index < -0.39 is 11.2 Å². The van der Waals surface area contributed by atoms with Gasteiger partial charge < -0.3 is 14.6 Å². The highest BCUT2D eigenvalue weighted by atomic mass is 16.3. The molecule has 0 radical (unpaired) electrons.